The Hall–Kier alpha value is -3.12. The van der Waals surface area contributed by atoms with Crippen molar-refractivity contribution in [2.75, 3.05) is 18.9 Å². The second kappa shape index (κ2) is 10.6. The van der Waals surface area contributed by atoms with Crippen LogP contribution in [0.1, 0.15) is 16.7 Å². The summed E-state index contributed by atoms with van der Waals surface area (Å²) in [5.41, 5.74) is 2.20. The van der Waals surface area contributed by atoms with Gasteiger partial charge in [-0.1, -0.05) is 35.9 Å². The molecule has 186 valence electrons. The average Bonchev–Trinajstić information content (AvgIpc) is 2.81. The molecule has 0 spiro atoms. The number of hydrogen-bond acceptors (Lipinski definition) is 5. The molecular formula is C24H26FN3O5S2. The molecule has 0 unspecified atom stereocenters. The molecule has 0 saturated carbocycles. The van der Waals surface area contributed by atoms with Crippen LogP contribution in [0.15, 0.2) is 76.5 Å². The van der Waals surface area contributed by atoms with Gasteiger partial charge >= 0.3 is 0 Å². The Kier molecular flexibility index (Phi) is 8.06. The van der Waals surface area contributed by atoms with Crippen LogP contribution in [-0.4, -0.2) is 40.6 Å². The van der Waals surface area contributed by atoms with Gasteiger partial charge in [-0.3, -0.25) is 4.79 Å². The molecule has 0 aliphatic carbocycles. The molecule has 3 aromatic carbocycles. The Labute approximate surface area is 204 Å². The number of anilines is 1. The van der Waals surface area contributed by atoms with Gasteiger partial charge in [0.05, 0.1) is 16.3 Å². The molecule has 1 amide bonds. The van der Waals surface area contributed by atoms with Crippen molar-refractivity contribution in [1.82, 2.24) is 9.03 Å². The second-order valence-corrected chi connectivity index (χ2v) is 11.8. The molecule has 0 bridgehead atoms. The van der Waals surface area contributed by atoms with E-state index in [0.29, 0.717) is 11.1 Å². The average molecular weight is 520 g/mol. The monoisotopic (exact) mass is 519 g/mol. The Balaban J connectivity index is 1.91. The molecule has 0 fully saturated rings. The molecule has 0 aromatic heterocycles. The lowest BCUT2D eigenvalue weighted by molar-refractivity contribution is -0.116. The molecule has 2 N–H and O–H groups in total. The van der Waals surface area contributed by atoms with E-state index in [1.807, 2.05) is 6.92 Å². The van der Waals surface area contributed by atoms with Gasteiger partial charge in [0, 0.05) is 12.2 Å². The van der Waals surface area contributed by atoms with Gasteiger partial charge in [0.1, 0.15) is 5.82 Å². The molecule has 0 aliphatic rings. The van der Waals surface area contributed by atoms with Crippen LogP contribution in [0, 0.1) is 19.7 Å². The van der Waals surface area contributed by atoms with Crippen LogP contribution in [0.2, 0.25) is 0 Å². The lowest BCUT2D eigenvalue weighted by atomic mass is 10.2. The van der Waals surface area contributed by atoms with Crippen molar-refractivity contribution in [3.05, 3.63) is 89.2 Å². The highest BCUT2D eigenvalue weighted by Gasteiger charge is 2.27. The summed E-state index contributed by atoms with van der Waals surface area (Å²) >= 11 is 0. The van der Waals surface area contributed by atoms with Crippen molar-refractivity contribution in [3.8, 4) is 0 Å². The third-order valence-electron chi connectivity index (χ3n) is 5.31. The van der Waals surface area contributed by atoms with Gasteiger partial charge in [0.15, 0.2) is 0 Å². The molecule has 8 nitrogen and oxygen atoms in total. The highest BCUT2D eigenvalue weighted by molar-refractivity contribution is 7.89. The van der Waals surface area contributed by atoms with Crippen molar-refractivity contribution in [1.29, 1.82) is 0 Å². The van der Waals surface area contributed by atoms with Crippen molar-refractivity contribution in [2.24, 2.45) is 0 Å². The van der Waals surface area contributed by atoms with Crippen LogP contribution in [-0.2, 0) is 31.4 Å². The fourth-order valence-corrected chi connectivity index (χ4v) is 5.39. The van der Waals surface area contributed by atoms with E-state index in [2.05, 4.69) is 10.0 Å². The molecule has 0 aliphatic heterocycles. The van der Waals surface area contributed by atoms with E-state index >= 15 is 0 Å². The third kappa shape index (κ3) is 6.51. The van der Waals surface area contributed by atoms with Crippen molar-refractivity contribution >= 4 is 31.6 Å². The number of aryl methyl sites for hydroxylation is 2. The van der Waals surface area contributed by atoms with E-state index in [4.69, 9.17) is 0 Å². The Bertz CT molecular complexity index is 1420. The first-order valence-corrected chi connectivity index (χ1v) is 13.5. The van der Waals surface area contributed by atoms with Crippen LogP contribution >= 0.6 is 0 Å². The smallest absolute Gasteiger partial charge is 0.243 e. The number of halogens is 1. The minimum Gasteiger partial charge on any atom is -0.325 e. The number of carbonyl (C=O) groups excluding carboxylic acids is 1. The lowest BCUT2D eigenvalue weighted by Gasteiger charge is -2.22. The number of sulfonamides is 2. The summed E-state index contributed by atoms with van der Waals surface area (Å²) in [6.45, 7) is 2.79. The normalized spacial score (nSPS) is 12.0. The van der Waals surface area contributed by atoms with Gasteiger partial charge in [0.2, 0.25) is 26.0 Å². The van der Waals surface area contributed by atoms with E-state index in [1.54, 1.807) is 25.1 Å². The number of benzene rings is 3. The van der Waals surface area contributed by atoms with E-state index in [1.165, 1.54) is 55.6 Å². The Morgan fingerprint density at radius 3 is 2.09 bits per heavy atom. The standard InChI is InChI=1S/C24H26FN3O5S2/c1-17-4-11-21(12-5-17)35(32,33)28(15-19-7-9-20(25)10-8-19)16-24(29)27-23-14-22(13-6-18(23)2)34(30,31)26-3/h4-14,26H,15-16H2,1-3H3,(H,27,29). The molecule has 35 heavy (non-hydrogen) atoms. The quantitative estimate of drug-likeness (QED) is 0.451. The van der Waals surface area contributed by atoms with Gasteiger partial charge in [-0.25, -0.2) is 25.9 Å². The zero-order chi connectivity index (χ0) is 25.8. The summed E-state index contributed by atoms with van der Waals surface area (Å²) < 4.78 is 67.6. The first-order valence-electron chi connectivity index (χ1n) is 10.6. The Morgan fingerprint density at radius 2 is 1.49 bits per heavy atom. The lowest BCUT2D eigenvalue weighted by Crippen LogP contribution is -2.37. The molecule has 11 heteroatoms. The highest BCUT2D eigenvalue weighted by Crippen LogP contribution is 2.22. The van der Waals surface area contributed by atoms with Crippen molar-refractivity contribution in [3.63, 3.8) is 0 Å². The number of amides is 1. The largest absolute Gasteiger partial charge is 0.325 e. The fraction of sp³-hybridized carbons (Fsp3) is 0.208. The minimum atomic E-state index is -4.09. The number of carbonyl (C=O) groups is 1. The summed E-state index contributed by atoms with van der Waals surface area (Å²) in [5, 5.41) is 2.61. The summed E-state index contributed by atoms with van der Waals surface area (Å²) in [5.74, 6) is -1.13. The van der Waals surface area contributed by atoms with Crippen molar-refractivity contribution in [2.45, 2.75) is 30.2 Å². The molecular weight excluding hydrogens is 493 g/mol. The molecule has 3 aromatic rings. The van der Waals surface area contributed by atoms with Gasteiger partial charge in [0.25, 0.3) is 0 Å². The molecule has 0 atom stereocenters. The SMILES string of the molecule is CNS(=O)(=O)c1ccc(C)c(NC(=O)CN(Cc2ccc(F)cc2)S(=O)(=O)c2ccc(C)cc2)c1. The highest BCUT2D eigenvalue weighted by atomic mass is 32.2. The van der Waals surface area contributed by atoms with E-state index in [-0.39, 0.29) is 22.0 Å². The van der Waals surface area contributed by atoms with Gasteiger partial charge < -0.3 is 5.32 Å². The zero-order valence-corrected chi connectivity index (χ0v) is 21.1. The molecule has 0 radical (unpaired) electrons. The van der Waals surface area contributed by atoms with E-state index in [9.17, 15) is 26.0 Å². The molecule has 3 rings (SSSR count). The molecule has 0 heterocycles. The summed E-state index contributed by atoms with van der Waals surface area (Å²) in [6, 6.07) is 15.8. The maximum Gasteiger partial charge on any atom is 0.243 e. The van der Waals surface area contributed by atoms with Crippen LogP contribution in [0.25, 0.3) is 0 Å². The summed E-state index contributed by atoms with van der Waals surface area (Å²) in [6.07, 6.45) is 0. The molecule has 0 saturated heterocycles. The fourth-order valence-electron chi connectivity index (χ4n) is 3.25. The van der Waals surface area contributed by atoms with Crippen LogP contribution in [0.4, 0.5) is 10.1 Å². The van der Waals surface area contributed by atoms with E-state index < -0.39 is 38.3 Å². The number of hydrogen-bond donors (Lipinski definition) is 2. The summed E-state index contributed by atoms with van der Waals surface area (Å²) in [7, 11) is -6.55. The minimum absolute atomic E-state index is 0.0105. The first-order chi connectivity index (χ1) is 16.4. The van der Waals surface area contributed by atoms with Crippen LogP contribution in [0.3, 0.4) is 0 Å². The maximum absolute atomic E-state index is 13.4. The summed E-state index contributed by atoms with van der Waals surface area (Å²) in [4.78, 5) is 12.9. The van der Waals surface area contributed by atoms with Gasteiger partial charge in [-0.2, -0.15) is 4.31 Å². The first kappa shape index (κ1) is 26.5. The van der Waals surface area contributed by atoms with E-state index in [0.717, 1.165) is 9.87 Å². The number of nitrogens with one attached hydrogen (secondary N) is 2. The third-order valence-corrected chi connectivity index (χ3v) is 8.53. The topological polar surface area (TPSA) is 113 Å². The second-order valence-electron chi connectivity index (χ2n) is 7.95. The number of rotatable bonds is 9. The van der Waals surface area contributed by atoms with Crippen LogP contribution < -0.4 is 10.0 Å². The van der Waals surface area contributed by atoms with Crippen molar-refractivity contribution < 1.29 is 26.0 Å². The van der Waals surface area contributed by atoms with Gasteiger partial charge in [-0.15, -0.1) is 0 Å². The maximum atomic E-state index is 13.4. The predicted octanol–water partition coefficient (Wildman–Crippen LogP) is 3.18. The van der Waals surface area contributed by atoms with Gasteiger partial charge in [-0.05, 0) is 68.4 Å². The number of nitrogens with zero attached hydrogens (tertiary/aromatic N) is 1. The predicted molar refractivity (Wildman–Crippen MR) is 131 cm³/mol. The Morgan fingerprint density at radius 1 is 0.886 bits per heavy atom. The zero-order valence-electron chi connectivity index (χ0n) is 19.4. The van der Waals surface area contributed by atoms with Crippen LogP contribution in [0.5, 0.6) is 0 Å².